The van der Waals surface area contributed by atoms with Crippen LogP contribution in [0.5, 0.6) is 5.75 Å². The molecule has 3 heterocycles. The highest BCUT2D eigenvalue weighted by molar-refractivity contribution is 6.02. The van der Waals surface area contributed by atoms with Crippen molar-refractivity contribution >= 4 is 11.6 Å². The highest BCUT2D eigenvalue weighted by Gasteiger charge is 2.26. The normalized spacial score (nSPS) is 15.1. The number of rotatable bonds is 6. The number of nitrogens with one attached hydrogen (secondary N) is 2. The summed E-state index contributed by atoms with van der Waals surface area (Å²) >= 11 is 0. The first-order chi connectivity index (χ1) is 15.4. The predicted molar refractivity (Wildman–Crippen MR) is 113 cm³/mol. The number of aryl methyl sites for hydroxylation is 1. The standard InChI is InChI=1S/C22H20FN5O4/c1-12-26-16(17-9-19(32-28-17)14-4-6-21(29)24-11-14)8-18(27-12)22(30)25-10-13-3-5-15(23)20(7-13)31-2/h3-8,11,19H,9-10H2,1-2H3,(H,24,29)(H,25,30). The average Bonchev–Trinajstić information content (AvgIpc) is 3.29. The maximum atomic E-state index is 13.6. The summed E-state index contributed by atoms with van der Waals surface area (Å²) in [6, 6.07) is 9.01. The smallest absolute Gasteiger partial charge is 0.270 e. The van der Waals surface area contributed by atoms with E-state index in [1.807, 2.05) is 0 Å². The molecule has 4 rings (SSSR count). The zero-order valence-corrected chi connectivity index (χ0v) is 17.4. The van der Waals surface area contributed by atoms with Gasteiger partial charge in [-0.25, -0.2) is 14.4 Å². The molecule has 1 aromatic carbocycles. The van der Waals surface area contributed by atoms with Crippen LogP contribution in [0.1, 0.15) is 45.7 Å². The minimum absolute atomic E-state index is 0.105. The van der Waals surface area contributed by atoms with Crippen molar-refractivity contribution in [3.05, 3.63) is 87.1 Å². The van der Waals surface area contributed by atoms with Gasteiger partial charge in [0.25, 0.3) is 5.91 Å². The van der Waals surface area contributed by atoms with E-state index in [2.05, 4.69) is 25.4 Å². The van der Waals surface area contributed by atoms with Crippen LogP contribution in [-0.2, 0) is 11.4 Å². The molecule has 0 aliphatic carbocycles. The molecule has 1 atom stereocenters. The zero-order chi connectivity index (χ0) is 22.7. The van der Waals surface area contributed by atoms with Crippen molar-refractivity contribution in [1.82, 2.24) is 20.3 Å². The second-order valence-electron chi connectivity index (χ2n) is 7.16. The third-order valence-electron chi connectivity index (χ3n) is 4.88. The minimum atomic E-state index is -0.474. The fourth-order valence-electron chi connectivity index (χ4n) is 3.25. The van der Waals surface area contributed by atoms with E-state index in [4.69, 9.17) is 9.57 Å². The van der Waals surface area contributed by atoms with Gasteiger partial charge in [-0.1, -0.05) is 11.2 Å². The number of H-pyrrole nitrogens is 1. The molecular weight excluding hydrogens is 417 g/mol. The number of methoxy groups -OCH3 is 1. The van der Waals surface area contributed by atoms with Gasteiger partial charge in [0.1, 0.15) is 17.2 Å². The molecule has 0 saturated heterocycles. The Labute approximate surface area is 182 Å². The van der Waals surface area contributed by atoms with Crippen LogP contribution in [0.3, 0.4) is 0 Å². The van der Waals surface area contributed by atoms with Gasteiger partial charge >= 0.3 is 0 Å². The Kier molecular flexibility index (Phi) is 5.93. The fraction of sp³-hybridized carbons (Fsp3) is 0.227. The Hall–Kier alpha value is -4.08. The van der Waals surface area contributed by atoms with E-state index in [1.165, 1.54) is 25.3 Å². The summed E-state index contributed by atoms with van der Waals surface area (Å²) in [5.41, 5.74) is 2.49. The van der Waals surface area contributed by atoms with Gasteiger partial charge in [-0.2, -0.15) is 0 Å². The number of aromatic amines is 1. The van der Waals surface area contributed by atoms with Crippen molar-refractivity contribution in [2.24, 2.45) is 5.16 Å². The number of ether oxygens (including phenoxy) is 1. The van der Waals surface area contributed by atoms with Crippen LogP contribution in [-0.4, -0.2) is 33.7 Å². The molecule has 10 heteroatoms. The van der Waals surface area contributed by atoms with Gasteiger partial charge in [0.15, 0.2) is 17.7 Å². The number of carbonyl (C=O) groups excluding carboxylic acids is 1. The van der Waals surface area contributed by atoms with Crippen molar-refractivity contribution in [3.63, 3.8) is 0 Å². The van der Waals surface area contributed by atoms with Crippen molar-refractivity contribution in [2.75, 3.05) is 7.11 Å². The quantitative estimate of drug-likeness (QED) is 0.611. The molecule has 0 saturated carbocycles. The molecule has 1 amide bonds. The molecule has 9 nitrogen and oxygen atoms in total. The summed E-state index contributed by atoms with van der Waals surface area (Å²) in [5, 5.41) is 6.86. The van der Waals surface area contributed by atoms with Crippen molar-refractivity contribution in [2.45, 2.75) is 26.0 Å². The minimum Gasteiger partial charge on any atom is -0.494 e. The Balaban J connectivity index is 1.46. The lowest BCUT2D eigenvalue weighted by Crippen LogP contribution is -2.25. The summed E-state index contributed by atoms with van der Waals surface area (Å²) in [6.45, 7) is 1.85. The number of halogens is 1. The Morgan fingerprint density at radius 2 is 2.12 bits per heavy atom. The number of pyridine rings is 1. The summed E-state index contributed by atoms with van der Waals surface area (Å²) in [5.74, 6) is -0.366. The second-order valence-corrected chi connectivity index (χ2v) is 7.16. The molecule has 3 aromatic rings. The number of hydrogen-bond acceptors (Lipinski definition) is 7. The van der Waals surface area contributed by atoms with Crippen molar-refractivity contribution in [1.29, 1.82) is 0 Å². The lowest BCUT2D eigenvalue weighted by atomic mass is 10.0. The van der Waals surface area contributed by atoms with Crippen LogP contribution in [0, 0.1) is 12.7 Å². The number of nitrogens with zero attached hydrogens (tertiary/aromatic N) is 3. The lowest BCUT2D eigenvalue weighted by molar-refractivity contribution is 0.0854. The largest absolute Gasteiger partial charge is 0.494 e. The molecule has 32 heavy (non-hydrogen) atoms. The lowest BCUT2D eigenvalue weighted by Gasteiger charge is -2.09. The van der Waals surface area contributed by atoms with Gasteiger partial charge in [-0.15, -0.1) is 0 Å². The second kappa shape index (κ2) is 8.96. The van der Waals surface area contributed by atoms with E-state index in [1.54, 1.807) is 31.3 Å². The van der Waals surface area contributed by atoms with Crippen LogP contribution in [0.15, 0.2) is 52.5 Å². The van der Waals surface area contributed by atoms with E-state index in [9.17, 15) is 14.0 Å². The number of aromatic nitrogens is 3. The molecule has 0 radical (unpaired) electrons. The number of carbonyl (C=O) groups is 1. The van der Waals surface area contributed by atoms with Gasteiger partial charge in [0.2, 0.25) is 5.56 Å². The molecular formula is C22H20FN5O4. The first-order valence-corrected chi connectivity index (χ1v) is 9.81. The molecule has 0 bridgehead atoms. The number of amides is 1. The molecule has 1 unspecified atom stereocenters. The molecule has 2 N–H and O–H groups in total. The fourth-order valence-corrected chi connectivity index (χ4v) is 3.25. The van der Waals surface area contributed by atoms with Gasteiger partial charge in [0, 0.05) is 30.8 Å². The maximum absolute atomic E-state index is 13.6. The van der Waals surface area contributed by atoms with Crippen LogP contribution >= 0.6 is 0 Å². The first kappa shape index (κ1) is 21.2. The Bertz CT molecular complexity index is 1240. The van der Waals surface area contributed by atoms with E-state index in [0.717, 1.165) is 5.56 Å². The topological polar surface area (TPSA) is 119 Å². The van der Waals surface area contributed by atoms with Crippen molar-refractivity contribution in [3.8, 4) is 5.75 Å². The average molecular weight is 437 g/mol. The molecule has 164 valence electrons. The van der Waals surface area contributed by atoms with Crippen LogP contribution in [0.25, 0.3) is 0 Å². The zero-order valence-electron chi connectivity index (χ0n) is 17.4. The number of hydrogen-bond donors (Lipinski definition) is 2. The molecule has 2 aromatic heterocycles. The highest BCUT2D eigenvalue weighted by atomic mass is 19.1. The van der Waals surface area contributed by atoms with Gasteiger partial charge < -0.3 is 19.9 Å². The molecule has 1 aliphatic rings. The Morgan fingerprint density at radius 1 is 1.28 bits per heavy atom. The number of oxime groups is 1. The third kappa shape index (κ3) is 4.64. The van der Waals surface area contributed by atoms with Crippen LogP contribution in [0.4, 0.5) is 4.39 Å². The van der Waals surface area contributed by atoms with E-state index in [-0.39, 0.29) is 29.7 Å². The first-order valence-electron chi connectivity index (χ1n) is 9.81. The molecule has 1 aliphatic heterocycles. The monoisotopic (exact) mass is 437 g/mol. The van der Waals surface area contributed by atoms with E-state index < -0.39 is 11.7 Å². The van der Waals surface area contributed by atoms with Crippen LogP contribution in [0.2, 0.25) is 0 Å². The Morgan fingerprint density at radius 3 is 2.88 bits per heavy atom. The van der Waals surface area contributed by atoms with Crippen LogP contribution < -0.4 is 15.6 Å². The summed E-state index contributed by atoms with van der Waals surface area (Å²) in [4.78, 5) is 40.6. The summed E-state index contributed by atoms with van der Waals surface area (Å²) in [7, 11) is 1.38. The summed E-state index contributed by atoms with van der Waals surface area (Å²) in [6.07, 6.45) is 1.65. The van der Waals surface area contributed by atoms with Gasteiger partial charge in [0.05, 0.1) is 12.8 Å². The van der Waals surface area contributed by atoms with Crippen molar-refractivity contribution < 1.29 is 18.8 Å². The van der Waals surface area contributed by atoms with E-state index >= 15 is 0 Å². The molecule has 0 spiro atoms. The maximum Gasteiger partial charge on any atom is 0.270 e. The SMILES string of the molecule is COc1cc(CNC(=O)c2cc(C3=NOC(c4ccc(=O)[nH]c4)C3)nc(C)n2)ccc1F. The third-order valence-corrected chi connectivity index (χ3v) is 4.88. The molecule has 0 fully saturated rings. The summed E-state index contributed by atoms with van der Waals surface area (Å²) < 4.78 is 18.5. The number of benzene rings is 1. The van der Waals surface area contributed by atoms with Gasteiger partial charge in [-0.3, -0.25) is 9.59 Å². The predicted octanol–water partition coefficient (Wildman–Crippen LogP) is 2.42. The van der Waals surface area contributed by atoms with E-state index in [0.29, 0.717) is 29.2 Å². The van der Waals surface area contributed by atoms with Gasteiger partial charge in [-0.05, 0) is 36.8 Å². The highest BCUT2D eigenvalue weighted by Crippen LogP contribution is 2.28.